The number of nitriles is 1. The van der Waals surface area contributed by atoms with Gasteiger partial charge >= 0.3 is 5.97 Å². The number of carbonyl (C=O) groups excluding carboxylic acids is 3. The topological polar surface area (TPSA) is 114 Å². The van der Waals surface area contributed by atoms with Crippen LogP contribution in [0.2, 0.25) is 0 Å². The van der Waals surface area contributed by atoms with Gasteiger partial charge in [-0.15, -0.1) is 0 Å². The molecule has 0 spiro atoms. The molecular weight excluding hydrogens is 458 g/mol. The average molecular weight is 482 g/mol. The van der Waals surface area contributed by atoms with Gasteiger partial charge in [-0.1, -0.05) is 42.5 Å². The summed E-state index contributed by atoms with van der Waals surface area (Å²) >= 11 is 0. The summed E-state index contributed by atoms with van der Waals surface area (Å²) in [5.74, 6) is -0.776. The maximum atomic E-state index is 12.7. The van der Waals surface area contributed by atoms with Gasteiger partial charge in [0.25, 0.3) is 5.91 Å². The summed E-state index contributed by atoms with van der Waals surface area (Å²) in [6, 6.07) is 21.3. The minimum atomic E-state index is -0.803. The summed E-state index contributed by atoms with van der Waals surface area (Å²) in [6.45, 7) is 4.59. The van der Waals surface area contributed by atoms with Crippen LogP contribution in [0.25, 0.3) is 17.0 Å². The van der Waals surface area contributed by atoms with Crippen molar-refractivity contribution in [2.75, 3.05) is 11.9 Å². The van der Waals surface area contributed by atoms with Crippen molar-refractivity contribution < 1.29 is 23.5 Å². The molecule has 4 aromatic rings. The third kappa shape index (κ3) is 4.81. The van der Waals surface area contributed by atoms with Crippen LogP contribution in [-0.4, -0.2) is 28.8 Å². The molecule has 0 fully saturated rings. The first-order valence-electron chi connectivity index (χ1n) is 11.2. The predicted molar refractivity (Wildman–Crippen MR) is 133 cm³/mol. The number of benzene rings is 2. The van der Waals surface area contributed by atoms with Crippen LogP contribution in [0.4, 0.5) is 5.82 Å². The Bertz CT molecular complexity index is 1490. The second-order valence-electron chi connectivity index (χ2n) is 8.14. The fraction of sp³-hybridized carbons (Fsp3) is 0.143. The summed E-state index contributed by atoms with van der Waals surface area (Å²) in [5.41, 5.74) is 3.93. The van der Waals surface area contributed by atoms with E-state index in [2.05, 4.69) is 11.4 Å². The van der Waals surface area contributed by atoms with Crippen LogP contribution in [0.15, 0.2) is 71.1 Å². The molecule has 2 aromatic carbocycles. The van der Waals surface area contributed by atoms with E-state index >= 15 is 0 Å². The van der Waals surface area contributed by atoms with Gasteiger partial charge in [-0.2, -0.15) is 5.26 Å². The molecule has 0 aliphatic rings. The second kappa shape index (κ2) is 10.2. The number of amides is 1. The van der Waals surface area contributed by atoms with Crippen LogP contribution in [0.3, 0.4) is 0 Å². The van der Waals surface area contributed by atoms with E-state index in [0.717, 1.165) is 16.9 Å². The lowest BCUT2D eigenvalue weighted by Gasteiger charge is -2.13. The molecule has 0 saturated carbocycles. The van der Waals surface area contributed by atoms with E-state index in [4.69, 9.17) is 9.15 Å². The minimum absolute atomic E-state index is 0.0493. The molecule has 0 atom stereocenters. The van der Waals surface area contributed by atoms with E-state index in [1.165, 1.54) is 13.0 Å². The SMILES string of the molecule is CC(=O)c1ccc(-c2ccc(C(=O)OCC(=O)Nc3c(C#N)c(C)c(C)n3-c3ccccc3)o2)cc1. The molecule has 0 aliphatic carbocycles. The van der Waals surface area contributed by atoms with Gasteiger partial charge in [-0.05, 0) is 50.6 Å². The smallest absolute Gasteiger partial charge is 0.374 e. The molecule has 180 valence electrons. The average Bonchev–Trinajstić information content (AvgIpc) is 3.46. The zero-order valence-corrected chi connectivity index (χ0v) is 20.0. The molecular formula is C28H23N3O5. The molecule has 8 heteroatoms. The lowest BCUT2D eigenvalue weighted by molar-refractivity contribution is -0.119. The molecule has 1 N–H and O–H groups in total. The quantitative estimate of drug-likeness (QED) is 0.286. The number of nitrogens with one attached hydrogen (secondary N) is 1. The van der Waals surface area contributed by atoms with Gasteiger partial charge in [0.2, 0.25) is 5.76 Å². The molecule has 1 amide bonds. The Morgan fingerprint density at radius 3 is 2.33 bits per heavy atom. The molecule has 2 heterocycles. The zero-order valence-electron chi connectivity index (χ0n) is 20.0. The number of para-hydroxylation sites is 1. The van der Waals surface area contributed by atoms with E-state index in [9.17, 15) is 19.6 Å². The Labute approximate surface area is 207 Å². The van der Waals surface area contributed by atoms with Crippen molar-refractivity contribution in [3.63, 3.8) is 0 Å². The number of ketones is 1. The maximum absolute atomic E-state index is 12.7. The molecule has 0 aliphatic heterocycles. The summed E-state index contributed by atoms with van der Waals surface area (Å²) in [6.07, 6.45) is 0. The minimum Gasteiger partial charge on any atom is -0.450 e. The monoisotopic (exact) mass is 481 g/mol. The third-order valence-corrected chi connectivity index (χ3v) is 5.82. The normalized spacial score (nSPS) is 10.5. The largest absolute Gasteiger partial charge is 0.450 e. The molecule has 0 unspecified atom stereocenters. The van der Waals surface area contributed by atoms with E-state index < -0.39 is 18.5 Å². The standard InChI is InChI=1S/C28H23N3O5/c1-17-18(2)31(22-7-5-4-6-8-22)27(23(17)15-29)30-26(33)16-35-28(34)25-14-13-24(36-25)21-11-9-20(10-12-21)19(3)32/h4-14H,16H2,1-3H3,(H,30,33). The highest BCUT2D eigenvalue weighted by Gasteiger charge is 2.22. The fourth-order valence-corrected chi connectivity index (χ4v) is 3.80. The Kier molecular flexibility index (Phi) is 6.84. The van der Waals surface area contributed by atoms with Gasteiger partial charge in [0.15, 0.2) is 12.4 Å². The number of esters is 1. The van der Waals surface area contributed by atoms with E-state index in [1.807, 2.05) is 44.2 Å². The maximum Gasteiger partial charge on any atom is 0.374 e. The molecule has 4 rings (SSSR count). The highest BCUT2D eigenvalue weighted by Crippen LogP contribution is 2.30. The predicted octanol–water partition coefficient (Wildman–Crippen LogP) is 5.22. The number of furan rings is 1. The summed E-state index contributed by atoms with van der Waals surface area (Å²) in [7, 11) is 0. The molecule has 0 saturated heterocycles. The molecule has 0 radical (unpaired) electrons. The molecule has 2 aromatic heterocycles. The number of hydrogen-bond acceptors (Lipinski definition) is 6. The fourth-order valence-electron chi connectivity index (χ4n) is 3.80. The van der Waals surface area contributed by atoms with E-state index in [1.54, 1.807) is 34.9 Å². The number of anilines is 1. The van der Waals surface area contributed by atoms with Crippen molar-refractivity contribution in [1.82, 2.24) is 4.57 Å². The number of hydrogen-bond donors (Lipinski definition) is 1. The number of nitrogens with zero attached hydrogens (tertiary/aromatic N) is 2. The Morgan fingerprint density at radius 1 is 1.00 bits per heavy atom. The van der Waals surface area contributed by atoms with Gasteiger partial charge in [-0.25, -0.2) is 4.79 Å². The first-order valence-corrected chi connectivity index (χ1v) is 11.2. The van der Waals surface area contributed by atoms with Crippen molar-refractivity contribution >= 4 is 23.5 Å². The third-order valence-electron chi connectivity index (χ3n) is 5.82. The van der Waals surface area contributed by atoms with Crippen molar-refractivity contribution in [3.8, 4) is 23.1 Å². The van der Waals surface area contributed by atoms with E-state index in [-0.39, 0.29) is 11.5 Å². The molecule has 8 nitrogen and oxygen atoms in total. The number of carbonyl (C=O) groups is 3. The van der Waals surface area contributed by atoms with Crippen LogP contribution in [0.5, 0.6) is 0 Å². The van der Waals surface area contributed by atoms with Gasteiger partial charge < -0.3 is 14.5 Å². The van der Waals surface area contributed by atoms with Gasteiger partial charge in [-0.3, -0.25) is 14.2 Å². The summed E-state index contributed by atoms with van der Waals surface area (Å²) in [5, 5.41) is 12.4. The zero-order chi connectivity index (χ0) is 25.8. The molecule has 0 bridgehead atoms. The summed E-state index contributed by atoms with van der Waals surface area (Å²) < 4.78 is 12.5. The highest BCUT2D eigenvalue weighted by atomic mass is 16.5. The molecule has 36 heavy (non-hydrogen) atoms. The Morgan fingerprint density at radius 2 is 1.69 bits per heavy atom. The lowest BCUT2D eigenvalue weighted by Crippen LogP contribution is -2.22. The van der Waals surface area contributed by atoms with Crippen LogP contribution >= 0.6 is 0 Å². The number of rotatable bonds is 7. The number of Topliss-reactive ketones (excluding diaryl/α,β-unsaturated/α-hetero) is 1. The van der Waals surface area contributed by atoms with Crippen LogP contribution in [0.1, 0.15) is 44.7 Å². The van der Waals surface area contributed by atoms with Gasteiger partial charge in [0, 0.05) is 22.5 Å². The van der Waals surface area contributed by atoms with Crippen molar-refractivity contribution in [3.05, 3.63) is 94.9 Å². The van der Waals surface area contributed by atoms with Crippen LogP contribution in [-0.2, 0) is 9.53 Å². The Balaban J connectivity index is 1.45. The van der Waals surface area contributed by atoms with Crippen molar-refractivity contribution in [2.24, 2.45) is 0 Å². The second-order valence-corrected chi connectivity index (χ2v) is 8.14. The summed E-state index contributed by atoms with van der Waals surface area (Å²) in [4.78, 5) is 36.6. The van der Waals surface area contributed by atoms with Crippen LogP contribution in [0, 0.1) is 25.2 Å². The van der Waals surface area contributed by atoms with Crippen molar-refractivity contribution in [1.29, 1.82) is 5.26 Å². The first-order chi connectivity index (χ1) is 17.3. The number of aromatic nitrogens is 1. The van der Waals surface area contributed by atoms with Gasteiger partial charge in [0.1, 0.15) is 17.6 Å². The Hall–Kier alpha value is -4.90. The van der Waals surface area contributed by atoms with Crippen molar-refractivity contribution in [2.45, 2.75) is 20.8 Å². The van der Waals surface area contributed by atoms with E-state index in [0.29, 0.717) is 28.3 Å². The van der Waals surface area contributed by atoms with Gasteiger partial charge in [0.05, 0.1) is 5.56 Å². The lowest BCUT2D eigenvalue weighted by atomic mass is 10.1. The first kappa shape index (κ1) is 24.2. The number of ether oxygens (including phenoxy) is 1. The van der Waals surface area contributed by atoms with Crippen LogP contribution < -0.4 is 5.32 Å². The highest BCUT2D eigenvalue weighted by molar-refractivity contribution is 5.96.